The Morgan fingerprint density at radius 1 is 1.33 bits per heavy atom. The van der Waals surface area contributed by atoms with Gasteiger partial charge in [-0.1, -0.05) is 26.0 Å². The van der Waals surface area contributed by atoms with Crippen LogP contribution in [0.3, 0.4) is 0 Å². The van der Waals surface area contributed by atoms with Gasteiger partial charge in [0.2, 0.25) is 0 Å². The van der Waals surface area contributed by atoms with E-state index in [9.17, 15) is 0 Å². The van der Waals surface area contributed by atoms with Crippen molar-refractivity contribution in [2.24, 2.45) is 0 Å². The van der Waals surface area contributed by atoms with Crippen molar-refractivity contribution in [3.8, 4) is 5.75 Å². The molecule has 1 fully saturated rings. The molecule has 0 saturated heterocycles. The molecule has 2 heteroatoms. The molecular weight excluding hydrogens is 222 g/mol. The van der Waals surface area contributed by atoms with E-state index in [-0.39, 0.29) is 0 Å². The van der Waals surface area contributed by atoms with Crippen molar-refractivity contribution in [1.29, 1.82) is 0 Å². The van der Waals surface area contributed by atoms with Gasteiger partial charge < -0.3 is 10.1 Å². The third-order valence-corrected chi connectivity index (χ3v) is 3.51. The second kappa shape index (κ2) is 6.24. The summed E-state index contributed by atoms with van der Waals surface area (Å²) < 4.78 is 5.85. The summed E-state index contributed by atoms with van der Waals surface area (Å²) in [5, 5.41) is 3.47. The quantitative estimate of drug-likeness (QED) is 0.793. The standard InChI is InChI=1S/C16H25NO/c1-4-17-13(3)10-12(2)14-6-5-7-16(11-14)18-15-8-9-15/h5-7,11-13,15,17H,4,8-10H2,1-3H3. The largest absolute Gasteiger partial charge is 0.490 e. The van der Waals surface area contributed by atoms with Crippen molar-refractivity contribution in [3.63, 3.8) is 0 Å². The molecule has 1 aromatic carbocycles. The molecule has 1 N–H and O–H groups in total. The maximum absolute atomic E-state index is 5.85. The van der Waals surface area contributed by atoms with Gasteiger partial charge in [0.05, 0.1) is 6.10 Å². The maximum atomic E-state index is 5.85. The van der Waals surface area contributed by atoms with E-state index >= 15 is 0 Å². The van der Waals surface area contributed by atoms with Gasteiger partial charge in [0.15, 0.2) is 0 Å². The van der Waals surface area contributed by atoms with E-state index in [0.717, 1.165) is 12.3 Å². The first kappa shape index (κ1) is 13.4. The Balaban J connectivity index is 1.93. The van der Waals surface area contributed by atoms with Crippen LogP contribution in [0.25, 0.3) is 0 Å². The van der Waals surface area contributed by atoms with Crippen molar-refractivity contribution in [3.05, 3.63) is 29.8 Å². The van der Waals surface area contributed by atoms with E-state index < -0.39 is 0 Å². The van der Waals surface area contributed by atoms with Crippen molar-refractivity contribution in [1.82, 2.24) is 5.32 Å². The topological polar surface area (TPSA) is 21.3 Å². The van der Waals surface area contributed by atoms with Crippen LogP contribution in [0.5, 0.6) is 5.75 Å². The van der Waals surface area contributed by atoms with Gasteiger partial charge in [-0.05, 0) is 56.3 Å². The molecule has 1 saturated carbocycles. The van der Waals surface area contributed by atoms with E-state index in [1.807, 2.05) is 0 Å². The van der Waals surface area contributed by atoms with Crippen molar-refractivity contribution in [2.75, 3.05) is 6.54 Å². The summed E-state index contributed by atoms with van der Waals surface area (Å²) in [5.41, 5.74) is 1.39. The fraction of sp³-hybridized carbons (Fsp3) is 0.625. The Hall–Kier alpha value is -1.02. The zero-order valence-electron chi connectivity index (χ0n) is 11.8. The summed E-state index contributed by atoms with van der Waals surface area (Å²) in [4.78, 5) is 0. The Bertz CT molecular complexity index is 373. The lowest BCUT2D eigenvalue weighted by molar-refractivity contribution is 0.302. The lowest BCUT2D eigenvalue weighted by atomic mass is 9.94. The average molecular weight is 247 g/mol. The van der Waals surface area contributed by atoms with Gasteiger partial charge in [-0.25, -0.2) is 0 Å². The summed E-state index contributed by atoms with van der Waals surface area (Å²) in [5.74, 6) is 1.61. The summed E-state index contributed by atoms with van der Waals surface area (Å²) in [6.45, 7) is 7.75. The summed E-state index contributed by atoms with van der Waals surface area (Å²) >= 11 is 0. The molecule has 1 aliphatic carbocycles. The summed E-state index contributed by atoms with van der Waals surface area (Å²) in [6, 6.07) is 9.17. The molecule has 2 rings (SSSR count). The molecule has 1 aliphatic rings. The Labute approximate surface area is 111 Å². The number of rotatable bonds is 7. The van der Waals surface area contributed by atoms with Crippen LogP contribution in [0.1, 0.15) is 51.5 Å². The maximum Gasteiger partial charge on any atom is 0.119 e. The number of hydrogen-bond acceptors (Lipinski definition) is 2. The van der Waals surface area contributed by atoms with E-state index in [0.29, 0.717) is 18.1 Å². The lowest BCUT2D eigenvalue weighted by Crippen LogP contribution is -2.26. The molecule has 0 heterocycles. The normalized spacial score (nSPS) is 18.4. The van der Waals surface area contributed by atoms with Crippen molar-refractivity contribution in [2.45, 2.75) is 58.1 Å². The highest BCUT2D eigenvalue weighted by atomic mass is 16.5. The van der Waals surface area contributed by atoms with Crippen LogP contribution in [0, 0.1) is 0 Å². The summed E-state index contributed by atoms with van der Waals surface area (Å²) in [7, 11) is 0. The first-order valence-corrected chi connectivity index (χ1v) is 7.19. The minimum atomic E-state index is 0.483. The lowest BCUT2D eigenvalue weighted by Gasteiger charge is -2.19. The van der Waals surface area contributed by atoms with Crippen LogP contribution in [0.4, 0.5) is 0 Å². The second-order valence-electron chi connectivity index (χ2n) is 5.49. The average Bonchev–Trinajstić information content (AvgIpc) is 3.13. The van der Waals surface area contributed by atoms with E-state index in [2.05, 4.69) is 50.4 Å². The van der Waals surface area contributed by atoms with Crippen molar-refractivity contribution >= 4 is 0 Å². The Morgan fingerprint density at radius 2 is 2.11 bits per heavy atom. The first-order valence-electron chi connectivity index (χ1n) is 7.19. The molecule has 1 aromatic rings. The molecule has 0 bridgehead atoms. The van der Waals surface area contributed by atoms with Crippen LogP contribution in [-0.2, 0) is 0 Å². The van der Waals surface area contributed by atoms with Gasteiger partial charge in [0.1, 0.15) is 5.75 Å². The second-order valence-corrected chi connectivity index (χ2v) is 5.49. The van der Waals surface area contributed by atoms with Crippen LogP contribution < -0.4 is 10.1 Å². The fourth-order valence-corrected chi connectivity index (χ4v) is 2.37. The van der Waals surface area contributed by atoms with Crippen molar-refractivity contribution < 1.29 is 4.74 Å². The van der Waals surface area contributed by atoms with E-state index in [4.69, 9.17) is 4.74 Å². The van der Waals surface area contributed by atoms with Crippen LogP contribution in [0.15, 0.2) is 24.3 Å². The molecule has 0 radical (unpaired) electrons. The first-order chi connectivity index (χ1) is 8.69. The van der Waals surface area contributed by atoms with Gasteiger partial charge >= 0.3 is 0 Å². The Kier molecular flexibility index (Phi) is 4.65. The molecule has 2 nitrogen and oxygen atoms in total. The van der Waals surface area contributed by atoms with Gasteiger partial charge in [-0.2, -0.15) is 0 Å². The molecule has 100 valence electrons. The SMILES string of the molecule is CCNC(C)CC(C)c1cccc(OC2CC2)c1. The van der Waals surface area contributed by atoms with E-state index in [1.54, 1.807) is 0 Å². The third kappa shape index (κ3) is 4.02. The zero-order chi connectivity index (χ0) is 13.0. The predicted octanol–water partition coefficient (Wildman–Crippen LogP) is 3.72. The molecular formula is C16H25NO. The van der Waals surface area contributed by atoms with Crippen LogP contribution in [0.2, 0.25) is 0 Å². The number of benzene rings is 1. The molecule has 0 aromatic heterocycles. The minimum absolute atomic E-state index is 0.483. The smallest absolute Gasteiger partial charge is 0.119 e. The summed E-state index contributed by atoms with van der Waals surface area (Å²) in [6.07, 6.45) is 4.09. The van der Waals surface area contributed by atoms with Crippen LogP contribution >= 0.6 is 0 Å². The molecule has 2 atom stereocenters. The number of hydrogen-bond donors (Lipinski definition) is 1. The van der Waals surface area contributed by atoms with Gasteiger partial charge in [-0.15, -0.1) is 0 Å². The molecule has 18 heavy (non-hydrogen) atoms. The number of ether oxygens (including phenoxy) is 1. The Morgan fingerprint density at radius 3 is 2.78 bits per heavy atom. The molecule has 0 spiro atoms. The highest BCUT2D eigenvalue weighted by molar-refractivity contribution is 5.31. The van der Waals surface area contributed by atoms with Crippen LogP contribution in [-0.4, -0.2) is 18.7 Å². The molecule has 0 aliphatic heterocycles. The molecule has 0 amide bonds. The fourth-order valence-electron chi connectivity index (χ4n) is 2.37. The van der Waals surface area contributed by atoms with Gasteiger partial charge in [0, 0.05) is 6.04 Å². The van der Waals surface area contributed by atoms with E-state index in [1.165, 1.54) is 24.8 Å². The minimum Gasteiger partial charge on any atom is -0.490 e. The zero-order valence-corrected chi connectivity index (χ0v) is 11.8. The molecule has 2 unspecified atom stereocenters. The predicted molar refractivity (Wildman–Crippen MR) is 76.3 cm³/mol. The van der Waals surface area contributed by atoms with Gasteiger partial charge in [0.25, 0.3) is 0 Å². The highest BCUT2D eigenvalue weighted by Crippen LogP contribution is 2.29. The van der Waals surface area contributed by atoms with Gasteiger partial charge in [-0.3, -0.25) is 0 Å². The monoisotopic (exact) mass is 247 g/mol. The number of nitrogens with one attached hydrogen (secondary N) is 1. The highest BCUT2D eigenvalue weighted by Gasteiger charge is 2.23. The third-order valence-electron chi connectivity index (χ3n) is 3.51.